The Morgan fingerprint density at radius 1 is 0.765 bits per heavy atom. The van der Waals surface area contributed by atoms with Crippen LogP contribution in [0.1, 0.15) is 0 Å². The Morgan fingerprint density at radius 3 is 1.76 bits per heavy atom. The van der Waals surface area contributed by atoms with Gasteiger partial charge < -0.3 is 4.18 Å². The second-order valence-electron chi connectivity index (χ2n) is 3.16. The largest absolute Gasteiger partial charge is 0.379 e. The van der Waals surface area contributed by atoms with Gasteiger partial charge in [-0.25, -0.2) is 0 Å². The minimum atomic E-state index is -3.71. The normalized spacial score (nSPS) is 10.4. The number of benzene rings is 2. The van der Waals surface area contributed by atoms with Gasteiger partial charge in [-0.05, 0) is 24.3 Å². The number of hydrogen-bond acceptors (Lipinski definition) is 3. The van der Waals surface area contributed by atoms with Gasteiger partial charge in [0.2, 0.25) is 0 Å². The van der Waals surface area contributed by atoms with Gasteiger partial charge in [0.15, 0.2) is 0 Å². The molecule has 0 amide bonds. The summed E-state index contributed by atoms with van der Waals surface area (Å²) in [6.07, 6.45) is 0. The molecular formula is C12H10CaO3S. The Hall–Kier alpha value is -0.550. The molecule has 2 aromatic carbocycles. The molecule has 2 radical (unpaired) electrons. The summed E-state index contributed by atoms with van der Waals surface area (Å²) in [5, 5.41) is 0. The van der Waals surface area contributed by atoms with E-state index in [1.807, 2.05) is 0 Å². The van der Waals surface area contributed by atoms with E-state index >= 15 is 0 Å². The summed E-state index contributed by atoms with van der Waals surface area (Å²) in [5.74, 6) is 0.311. The minimum Gasteiger partial charge on any atom is -0.379 e. The molecule has 0 saturated heterocycles. The van der Waals surface area contributed by atoms with Crippen LogP contribution in [0.15, 0.2) is 65.6 Å². The Balaban J connectivity index is 0.00000144. The van der Waals surface area contributed by atoms with Crippen LogP contribution in [0.2, 0.25) is 0 Å². The topological polar surface area (TPSA) is 43.4 Å². The van der Waals surface area contributed by atoms with Crippen LogP contribution in [0.3, 0.4) is 0 Å². The van der Waals surface area contributed by atoms with Crippen LogP contribution in [0, 0.1) is 0 Å². The molecule has 0 bridgehead atoms. The molecule has 5 heteroatoms. The van der Waals surface area contributed by atoms with E-state index in [-0.39, 0.29) is 42.6 Å². The van der Waals surface area contributed by atoms with Crippen molar-refractivity contribution in [3.8, 4) is 5.75 Å². The van der Waals surface area contributed by atoms with Crippen LogP contribution in [0.5, 0.6) is 5.75 Å². The van der Waals surface area contributed by atoms with Gasteiger partial charge in [-0.15, -0.1) is 0 Å². The monoisotopic (exact) mass is 274 g/mol. The maximum Gasteiger partial charge on any atom is 0.339 e. The number of hydrogen-bond donors (Lipinski definition) is 0. The second-order valence-corrected chi connectivity index (χ2v) is 4.71. The molecule has 2 rings (SSSR count). The molecule has 0 aliphatic heterocycles. The van der Waals surface area contributed by atoms with Crippen molar-refractivity contribution >= 4 is 47.9 Å². The second kappa shape index (κ2) is 6.40. The van der Waals surface area contributed by atoms with E-state index in [1.54, 1.807) is 48.5 Å². The van der Waals surface area contributed by atoms with Crippen molar-refractivity contribution in [1.82, 2.24) is 0 Å². The average molecular weight is 274 g/mol. The summed E-state index contributed by atoms with van der Waals surface area (Å²) < 4.78 is 28.5. The molecule has 0 fully saturated rings. The molecule has 0 aromatic heterocycles. The molecule has 0 unspecified atom stereocenters. The van der Waals surface area contributed by atoms with E-state index in [4.69, 9.17) is 4.18 Å². The Morgan fingerprint density at radius 2 is 1.24 bits per heavy atom. The first-order valence-corrected chi connectivity index (χ1v) is 6.14. The van der Waals surface area contributed by atoms with Crippen LogP contribution in [0.4, 0.5) is 0 Å². The van der Waals surface area contributed by atoms with Crippen LogP contribution in [0.25, 0.3) is 0 Å². The number of para-hydroxylation sites is 1. The molecule has 0 heterocycles. The SMILES string of the molecule is O=S(=O)(Oc1ccccc1)c1ccccc1.[Ca]. The molecular weight excluding hydrogens is 264 g/mol. The fourth-order valence-corrected chi connectivity index (χ4v) is 2.19. The third-order valence-electron chi connectivity index (χ3n) is 1.98. The van der Waals surface area contributed by atoms with Gasteiger partial charge in [0.25, 0.3) is 0 Å². The molecule has 0 atom stereocenters. The predicted octanol–water partition coefficient (Wildman–Crippen LogP) is 2.07. The Bertz CT molecular complexity index is 553. The minimum absolute atomic E-state index is 0. The van der Waals surface area contributed by atoms with E-state index in [9.17, 15) is 8.42 Å². The van der Waals surface area contributed by atoms with Crippen LogP contribution < -0.4 is 4.18 Å². The summed E-state index contributed by atoms with van der Waals surface area (Å²) in [5.41, 5.74) is 0. The van der Waals surface area contributed by atoms with Gasteiger partial charge in [0.05, 0.1) is 0 Å². The third kappa shape index (κ3) is 3.99. The van der Waals surface area contributed by atoms with Crippen molar-refractivity contribution in [2.45, 2.75) is 4.90 Å². The number of rotatable bonds is 3. The van der Waals surface area contributed by atoms with Gasteiger partial charge in [0, 0.05) is 37.7 Å². The maximum absolute atomic E-state index is 11.8. The summed E-state index contributed by atoms with van der Waals surface area (Å²) >= 11 is 0. The van der Waals surface area contributed by atoms with E-state index in [2.05, 4.69) is 0 Å². The van der Waals surface area contributed by atoms with E-state index in [0.29, 0.717) is 5.75 Å². The van der Waals surface area contributed by atoms with E-state index < -0.39 is 10.1 Å². The van der Waals surface area contributed by atoms with Gasteiger partial charge >= 0.3 is 10.1 Å². The summed E-state index contributed by atoms with van der Waals surface area (Å²) in [4.78, 5) is 0.152. The molecule has 0 aliphatic rings. The van der Waals surface area contributed by atoms with Crippen LogP contribution in [-0.4, -0.2) is 46.2 Å². The Labute approximate surface area is 131 Å². The molecule has 0 saturated carbocycles. The molecule has 2 aromatic rings. The molecule has 0 N–H and O–H groups in total. The molecule has 17 heavy (non-hydrogen) atoms. The van der Waals surface area contributed by atoms with Crippen molar-refractivity contribution in [3.05, 3.63) is 60.7 Å². The summed E-state index contributed by atoms with van der Waals surface area (Å²) in [6.45, 7) is 0. The van der Waals surface area contributed by atoms with Crippen molar-refractivity contribution < 1.29 is 12.6 Å². The van der Waals surface area contributed by atoms with Crippen LogP contribution in [-0.2, 0) is 10.1 Å². The molecule has 0 aliphatic carbocycles. The van der Waals surface area contributed by atoms with E-state index in [0.717, 1.165) is 0 Å². The Kier molecular flexibility index (Phi) is 5.46. The van der Waals surface area contributed by atoms with Crippen molar-refractivity contribution in [2.75, 3.05) is 0 Å². The van der Waals surface area contributed by atoms with Gasteiger partial charge in [-0.1, -0.05) is 36.4 Å². The first-order chi connectivity index (χ1) is 7.68. The fourth-order valence-electron chi connectivity index (χ4n) is 1.24. The first kappa shape index (κ1) is 14.5. The van der Waals surface area contributed by atoms with Gasteiger partial charge in [0.1, 0.15) is 10.6 Å². The van der Waals surface area contributed by atoms with Gasteiger partial charge in [-0.3, -0.25) is 0 Å². The molecule has 3 nitrogen and oxygen atoms in total. The first-order valence-electron chi connectivity index (χ1n) is 4.73. The van der Waals surface area contributed by atoms with Crippen molar-refractivity contribution in [1.29, 1.82) is 0 Å². The third-order valence-corrected chi connectivity index (χ3v) is 3.24. The standard InChI is InChI=1S/C12H10O3S.Ca/c13-16(14,12-9-5-2-6-10-12)15-11-7-3-1-4-8-11;/h1-10H;. The zero-order valence-corrected chi connectivity index (χ0v) is 12.1. The zero-order valence-electron chi connectivity index (χ0n) is 9.11. The molecule has 84 valence electrons. The fraction of sp³-hybridized carbons (Fsp3) is 0. The van der Waals surface area contributed by atoms with E-state index in [1.165, 1.54) is 12.1 Å². The van der Waals surface area contributed by atoms with Crippen LogP contribution >= 0.6 is 0 Å². The summed E-state index contributed by atoms with van der Waals surface area (Å²) in [7, 11) is -3.71. The zero-order chi connectivity index (χ0) is 11.4. The van der Waals surface area contributed by atoms with Crippen molar-refractivity contribution in [3.63, 3.8) is 0 Å². The smallest absolute Gasteiger partial charge is 0.339 e. The quantitative estimate of drug-likeness (QED) is 0.635. The predicted molar refractivity (Wildman–Crippen MR) is 66.5 cm³/mol. The van der Waals surface area contributed by atoms with Crippen molar-refractivity contribution in [2.24, 2.45) is 0 Å². The maximum atomic E-state index is 11.8. The molecule has 0 spiro atoms. The van der Waals surface area contributed by atoms with Gasteiger partial charge in [-0.2, -0.15) is 8.42 Å². The summed E-state index contributed by atoms with van der Waals surface area (Å²) in [6, 6.07) is 16.5. The average Bonchev–Trinajstić information content (AvgIpc) is 2.31.